The first-order valence-electron chi connectivity index (χ1n) is 7.84. The van der Waals surface area contributed by atoms with Crippen LogP contribution in [0, 0.1) is 23.1 Å². The molecule has 1 aromatic heterocycles. The number of rotatable bonds is 5. The molecule has 0 saturated heterocycles. The molecular weight excluding hydrogens is 329 g/mol. The van der Waals surface area contributed by atoms with Crippen molar-refractivity contribution >= 4 is 11.9 Å². The van der Waals surface area contributed by atoms with Gasteiger partial charge in [-0.25, -0.2) is 4.39 Å². The largest absolute Gasteiger partial charge is 0.481 e. The molecule has 0 radical (unpaired) electrons. The van der Waals surface area contributed by atoms with E-state index >= 15 is 0 Å². The van der Waals surface area contributed by atoms with Gasteiger partial charge in [0.1, 0.15) is 11.9 Å². The molecule has 1 aliphatic rings. The molecule has 132 valence electrons. The predicted octanol–water partition coefficient (Wildman–Crippen LogP) is 2.41. The van der Waals surface area contributed by atoms with Gasteiger partial charge in [-0.3, -0.25) is 9.59 Å². The van der Waals surface area contributed by atoms with Crippen molar-refractivity contribution in [2.24, 2.45) is 17.3 Å². The Morgan fingerprint density at radius 1 is 1.36 bits per heavy atom. The van der Waals surface area contributed by atoms with Gasteiger partial charge in [0.15, 0.2) is 0 Å². The first-order chi connectivity index (χ1) is 11.7. The highest BCUT2D eigenvalue weighted by Crippen LogP contribution is 2.58. The lowest BCUT2D eigenvalue weighted by Gasteiger charge is -2.10. The van der Waals surface area contributed by atoms with Crippen LogP contribution < -0.4 is 5.32 Å². The molecule has 0 aliphatic heterocycles. The Morgan fingerprint density at radius 3 is 2.68 bits per heavy atom. The first-order valence-corrected chi connectivity index (χ1v) is 7.84. The second kappa shape index (κ2) is 5.94. The van der Waals surface area contributed by atoms with Crippen molar-refractivity contribution in [2.45, 2.75) is 26.8 Å². The fourth-order valence-electron chi connectivity index (χ4n) is 3.11. The summed E-state index contributed by atoms with van der Waals surface area (Å²) < 4.78 is 18.4. The van der Waals surface area contributed by atoms with E-state index in [-0.39, 0.29) is 17.6 Å². The van der Waals surface area contributed by atoms with Gasteiger partial charge in [0.25, 0.3) is 0 Å². The average Bonchev–Trinajstić information content (AvgIpc) is 2.90. The van der Waals surface area contributed by atoms with Crippen molar-refractivity contribution in [1.29, 1.82) is 0 Å². The Kier molecular flexibility index (Phi) is 4.06. The number of carboxylic acids is 1. The molecule has 3 atom stereocenters. The molecule has 7 nitrogen and oxygen atoms in total. The number of halogens is 1. The van der Waals surface area contributed by atoms with Gasteiger partial charge in [-0.1, -0.05) is 31.1 Å². The zero-order valence-electron chi connectivity index (χ0n) is 14.0. The molecular formula is C17H18FN3O4. The minimum Gasteiger partial charge on any atom is -0.481 e. The van der Waals surface area contributed by atoms with Crippen LogP contribution in [0.25, 0.3) is 11.4 Å². The molecule has 1 heterocycles. The second-order valence-corrected chi connectivity index (χ2v) is 6.81. The zero-order valence-corrected chi connectivity index (χ0v) is 14.0. The summed E-state index contributed by atoms with van der Waals surface area (Å²) in [7, 11) is 0. The van der Waals surface area contributed by atoms with E-state index in [1.165, 1.54) is 18.2 Å². The highest BCUT2D eigenvalue weighted by atomic mass is 19.1. The molecule has 0 bridgehead atoms. The summed E-state index contributed by atoms with van der Waals surface area (Å²) in [5.74, 6) is -2.69. The van der Waals surface area contributed by atoms with E-state index in [4.69, 9.17) is 9.63 Å². The zero-order chi connectivity index (χ0) is 18.4. The van der Waals surface area contributed by atoms with E-state index in [2.05, 4.69) is 15.5 Å². The van der Waals surface area contributed by atoms with Gasteiger partial charge in [-0.15, -0.1) is 0 Å². The number of nitrogens with zero attached hydrogens (tertiary/aromatic N) is 2. The van der Waals surface area contributed by atoms with Crippen LogP contribution in [0.1, 0.15) is 32.7 Å². The van der Waals surface area contributed by atoms with Gasteiger partial charge in [0.05, 0.1) is 11.8 Å². The van der Waals surface area contributed by atoms with Crippen molar-refractivity contribution < 1.29 is 23.6 Å². The molecule has 0 spiro atoms. The molecule has 1 aromatic carbocycles. The lowest BCUT2D eigenvalue weighted by Crippen LogP contribution is -2.30. The van der Waals surface area contributed by atoms with E-state index < -0.39 is 35.1 Å². The first kappa shape index (κ1) is 17.1. The molecule has 1 saturated carbocycles. The van der Waals surface area contributed by atoms with Gasteiger partial charge in [0.2, 0.25) is 17.6 Å². The molecule has 1 fully saturated rings. The summed E-state index contributed by atoms with van der Waals surface area (Å²) in [5, 5.41) is 15.7. The van der Waals surface area contributed by atoms with Gasteiger partial charge >= 0.3 is 5.97 Å². The Morgan fingerprint density at radius 2 is 2.08 bits per heavy atom. The molecule has 25 heavy (non-hydrogen) atoms. The predicted molar refractivity (Wildman–Crippen MR) is 84.6 cm³/mol. The summed E-state index contributed by atoms with van der Waals surface area (Å²) in [6.07, 6.45) is 0. The molecule has 1 unspecified atom stereocenters. The fourth-order valence-corrected chi connectivity index (χ4v) is 3.11. The Balaban J connectivity index is 1.69. The maximum Gasteiger partial charge on any atom is 0.307 e. The second-order valence-electron chi connectivity index (χ2n) is 6.81. The third kappa shape index (κ3) is 3.11. The van der Waals surface area contributed by atoms with Crippen molar-refractivity contribution in [3.8, 4) is 11.4 Å². The quantitative estimate of drug-likeness (QED) is 0.860. The monoisotopic (exact) mass is 347 g/mol. The molecule has 1 aliphatic carbocycles. The summed E-state index contributed by atoms with van der Waals surface area (Å²) in [6, 6.07) is 5.18. The third-order valence-electron chi connectivity index (χ3n) is 4.63. The van der Waals surface area contributed by atoms with Crippen LogP contribution >= 0.6 is 0 Å². The highest BCUT2D eigenvalue weighted by molar-refractivity contribution is 5.91. The van der Waals surface area contributed by atoms with Gasteiger partial charge < -0.3 is 14.9 Å². The smallest absolute Gasteiger partial charge is 0.307 e. The number of aliphatic carboxylic acids is 1. The highest BCUT2D eigenvalue weighted by Gasteiger charge is 2.66. The van der Waals surface area contributed by atoms with E-state index in [0.29, 0.717) is 5.56 Å². The van der Waals surface area contributed by atoms with E-state index in [1.54, 1.807) is 26.8 Å². The van der Waals surface area contributed by atoms with Gasteiger partial charge in [0, 0.05) is 5.56 Å². The molecule has 3 rings (SSSR count). The SMILES string of the molecule is CC(NC(=O)[C@@H]1[C@H](C(=O)O)C1(C)C)c1nc(-c2cccc(F)c2)no1. The minimum atomic E-state index is -0.982. The standard InChI is InChI=1S/C17H18FN3O4/c1-8(19-14(22)11-12(16(23)24)17(11,2)3)15-20-13(21-25-15)9-5-4-6-10(18)7-9/h4-8,11-12H,1-3H3,(H,19,22)(H,23,24)/t8?,11-,12+/m0/s1. The number of benzene rings is 1. The Hall–Kier alpha value is -2.77. The number of carbonyl (C=O) groups excluding carboxylic acids is 1. The molecule has 2 aromatic rings. The summed E-state index contributed by atoms with van der Waals surface area (Å²) in [6.45, 7) is 5.15. The Labute approximate surface area is 143 Å². The lowest BCUT2D eigenvalue weighted by molar-refractivity contribution is -0.140. The number of carbonyl (C=O) groups is 2. The average molecular weight is 347 g/mol. The topological polar surface area (TPSA) is 105 Å². The maximum absolute atomic E-state index is 13.3. The lowest BCUT2D eigenvalue weighted by atomic mass is 10.1. The van der Waals surface area contributed by atoms with Crippen molar-refractivity contribution in [3.05, 3.63) is 36.0 Å². The van der Waals surface area contributed by atoms with Crippen LogP contribution in [0.5, 0.6) is 0 Å². The van der Waals surface area contributed by atoms with Crippen LogP contribution in [-0.2, 0) is 9.59 Å². The number of hydrogen-bond acceptors (Lipinski definition) is 5. The van der Waals surface area contributed by atoms with Crippen molar-refractivity contribution in [3.63, 3.8) is 0 Å². The number of hydrogen-bond donors (Lipinski definition) is 2. The summed E-state index contributed by atoms with van der Waals surface area (Å²) >= 11 is 0. The Bertz CT molecular complexity index is 833. The normalized spacial score (nSPS) is 22.2. The molecule has 8 heteroatoms. The van der Waals surface area contributed by atoms with Crippen molar-refractivity contribution in [2.75, 3.05) is 0 Å². The number of carboxylic acid groups (broad SMARTS) is 1. The van der Waals surface area contributed by atoms with Gasteiger partial charge in [-0.2, -0.15) is 4.98 Å². The van der Waals surface area contributed by atoms with Crippen LogP contribution in [0.2, 0.25) is 0 Å². The van der Waals surface area contributed by atoms with E-state index in [1.807, 2.05) is 0 Å². The fraction of sp³-hybridized carbons (Fsp3) is 0.412. The third-order valence-corrected chi connectivity index (χ3v) is 4.63. The van der Waals surface area contributed by atoms with Crippen LogP contribution in [-0.4, -0.2) is 27.1 Å². The van der Waals surface area contributed by atoms with Crippen LogP contribution in [0.3, 0.4) is 0 Å². The number of amides is 1. The minimum absolute atomic E-state index is 0.165. The number of aromatic nitrogens is 2. The molecule has 2 N–H and O–H groups in total. The van der Waals surface area contributed by atoms with Crippen LogP contribution in [0.15, 0.2) is 28.8 Å². The van der Waals surface area contributed by atoms with E-state index in [0.717, 1.165) is 0 Å². The van der Waals surface area contributed by atoms with Crippen molar-refractivity contribution in [1.82, 2.24) is 15.5 Å². The number of nitrogens with one attached hydrogen (secondary N) is 1. The summed E-state index contributed by atoms with van der Waals surface area (Å²) in [4.78, 5) is 27.7. The summed E-state index contributed by atoms with van der Waals surface area (Å²) in [5.41, 5.74) is -0.125. The molecule has 1 amide bonds. The van der Waals surface area contributed by atoms with Gasteiger partial charge in [-0.05, 0) is 24.5 Å². The maximum atomic E-state index is 13.3. The van der Waals surface area contributed by atoms with Crippen LogP contribution in [0.4, 0.5) is 4.39 Å². The van der Waals surface area contributed by atoms with E-state index in [9.17, 15) is 14.0 Å².